The van der Waals surface area contributed by atoms with Crippen molar-refractivity contribution in [1.82, 2.24) is 9.97 Å². The molecule has 124 valence electrons. The van der Waals surface area contributed by atoms with Gasteiger partial charge in [0.2, 0.25) is 0 Å². The third kappa shape index (κ3) is 1.62. The number of fused-ring (bicyclic) bond motifs is 9. The van der Waals surface area contributed by atoms with Crippen LogP contribution in [-0.4, -0.2) is 9.97 Å². The number of hydrogen-bond acceptors (Lipinski definition) is 3. The Hall–Kier alpha value is -2.78. The molecule has 0 bridgehead atoms. The molecule has 2 aromatic carbocycles. The highest BCUT2D eigenvalue weighted by atomic mass is 32.1. The molecular formula is C23H16N2S. The first-order chi connectivity index (χ1) is 12.7. The summed E-state index contributed by atoms with van der Waals surface area (Å²) in [6.45, 7) is 4.65. The third-order valence-corrected chi connectivity index (χ3v) is 6.87. The topological polar surface area (TPSA) is 25.8 Å². The number of aromatic nitrogens is 2. The van der Waals surface area contributed by atoms with Gasteiger partial charge in [0.05, 0.1) is 11.2 Å². The third-order valence-electron chi connectivity index (χ3n) is 5.75. The summed E-state index contributed by atoms with van der Waals surface area (Å²) < 4.78 is 2.67. The maximum absolute atomic E-state index is 4.72. The van der Waals surface area contributed by atoms with E-state index in [0.717, 1.165) is 11.2 Å². The van der Waals surface area contributed by atoms with E-state index in [1.54, 1.807) is 0 Å². The Bertz CT molecular complexity index is 1360. The highest BCUT2D eigenvalue weighted by Crippen LogP contribution is 2.53. The molecule has 0 amide bonds. The summed E-state index contributed by atoms with van der Waals surface area (Å²) in [7, 11) is 0. The zero-order valence-corrected chi connectivity index (χ0v) is 15.4. The van der Waals surface area contributed by atoms with Crippen molar-refractivity contribution >= 4 is 42.4 Å². The molecule has 3 aromatic heterocycles. The van der Waals surface area contributed by atoms with E-state index in [1.807, 2.05) is 29.8 Å². The van der Waals surface area contributed by atoms with Crippen molar-refractivity contribution in [3.8, 4) is 11.3 Å². The standard InChI is InChI=1S/C23H16N2S/c1-23(2)15-6-4-12-25-22(15)14-7-9-18-20(21(14)23)19-13-5-3-11-24-16(13)8-10-17(19)26-18/h3-12H,1-2H3. The van der Waals surface area contributed by atoms with E-state index in [1.165, 1.54) is 42.2 Å². The van der Waals surface area contributed by atoms with Gasteiger partial charge in [0.1, 0.15) is 0 Å². The van der Waals surface area contributed by atoms with Gasteiger partial charge >= 0.3 is 0 Å². The van der Waals surface area contributed by atoms with Gasteiger partial charge in [0.25, 0.3) is 0 Å². The highest BCUT2D eigenvalue weighted by molar-refractivity contribution is 7.26. The Morgan fingerprint density at radius 3 is 2.50 bits per heavy atom. The summed E-state index contributed by atoms with van der Waals surface area (Å²) in [4.78, 5) is 9.30. The average Bonchev–Trinajstić information content (AvgIpc) is 3.15. The summed E-state index contributed by atoms with van der Waals surface area (Å²) >= 11 is 1.87. The largest absolute Gasteiger partial charge is 0.256 e. The molecule has 3 heteroatoms. The number of rotatable bonds is 0. The summed E-state index contributed by atoms with van der Waals surface area (Å²) in [6, 6.07) is 17.4. The van der Waals surface area contributed by atoms with Crippen molar-refractivity contribution in [2.45, 2.75) is 19.3 Å². The Kier molecular flexibility index (Phi) is 2.59. The first kappa shape index (κ1) is 14.4. The zero-order valence-electron chi connectivity index (χ0n) is 14.6. The van der Waals surface area contributed by atoms with Crippen LogP contribution in [0.1, 0.15) is 25.0 Å². The molecular weight excluding hydrogens is 336 g/mol. The predicted octanol–water partition coefficient (Wildman–Crippen LogP) is 6.30. The lowest BCUT2D eigenvalue weighted by Gasteiger charge is -2.22. The lowest BCUT2D eigenvalue weighted by Crippen LogP contribution is -2.15. The lowest BCUT2D eigenvalue weighted by atomic mass is 9.80. The van der Waals surface area contributed by atoms with E-state index in [2.05, 4.69) is 61.3 Å². The number of thiophene rings is 1. The molecule has 0 atom stereocenters. The second-order valence-electron chi connectivity index (χ2n) is 7.50. The molecule has 6 rings (SSSR count). The molecule has 26 heavy (non-hydrogen) atoms. The molecule has 3 heterocycles. The van der Waals surface area contributed by atoms with Gasteiger partial charge in [0, 0.05) is 48.9 Å². The van der Waals surface area contributed by atoms with Gasteiger partial charge in [-0.2, -0.15) is 0 Å². The van der Waals surface area contributed by atoms with Crippen LogP contribution in [0.25, 0.3) is 42.3 Å². The maximum Gasteiger partial charge on any atom is 0.0746 e. The SMILES string of the molecule is CC1(C)c2cccnc2-c2ccc3sc4ccc5ncccc5c4c3c21. The molecule has 1 aliphatic rings. The van der Waals surface area contributed by atoms with Crippen molar-refractivity contribution in [2.24, 2.45) is 0 Å². The predicted molar refractivity (Wildman–Crippen MR) is 110 cm³/mol. The second kappa shape index (κ2) is 4.68. The summed E-state index contributed by atoms with van der Waals surface area (Å²) in [5.41, 5.74) is 6.14. The fourth-order valence-corrected chi connectivity index (χ4v) is 5.75. The fraction of sp³-hybridized carbons (Fsp3) is 0.130. The van der Waals surface area contributed by atoms with E-state index in [0.29, 0.717) is 0 Å². The molecule has 0 unspecified atom stereocenters. The van der Waals surface area contributed by atoms with Crippen molar-refractivity contribution in [3.05, 3.63) is 72.1 Å². The van der Waals surface area contributed by atoms with Gasteiger partial charge in [-0.3, -0.25) is 9.97 Å². The molecule has 5 aromatic rings. The minimum atomic E-state index is -0.0587. The van der Waals surface area contributed by atoms with Crippen LogP contribution in [0.5, 0.6) is 0 Å². The van der Waals surface area contributed by atoms with Gasteiger partial charge < -0.3 is 0 Å². The van der Waals surface area contributed by atoms with Crippen LogP contribution in [0.3, 0.4) is 0 Å². The van der Waals surface area contributed by atoms with Crippen molar-refractivity contribution in [2.75, 3.05) is 0 Å². The second-order valence-corrected chi connectivity index (χ2v) is 8.58. The molecule has 0 aliphatic heterocycles. The molecule has 0 N–H and O–H groups in total. The van der Waals surface area contributed by atoms with Crippen LogP contribution in [0, 0.1) is 0 Å². The van der Waals surface area contributed by atoms with Crippen molar-refractivity contribution < 1.29 is 0 Å². The van der Waals surface area contributed by atoms with Crippen molar-refractivity contribution in [1.29, 1.82) is 0 Å². The smallest absolute Gasteiger partial charge is 0.0746 e. The molecule has 0 radical (unpaired) electrons. The summed E-state index contributed by atoms with van der Waals surface area (Å²) in [6.07, 6.45) is 3.77. The first-order valence-corrected chi connectivity index (χ1v) is 9.67. The first-order valence-electron chi connectivity index (χ1n) is 8.85. The van der Waals surface area contributed by atoms with Gasteiger partial charge in [0.15, 0.2) is 0 Å². The fourth-order valence-electron chi connectivity index (χ4n) is 4.62. The summed E-state index contributed by atoms with van der Waals surface area (Å²) in [5, 5.41) is 3.96. The van der Waals surface area contributed by atoms with Crippen LogP contribution in [-0.2, 0) is 5.41 Å². The average molecular weight is 352 g/mol. The van der Waals surface area contributed by atoms with Gasteiger partial charge in [-0.15, -0.1) is 11.3 Å². The zero-order chi connectivity index (χ0) is 17.5. The number of benzene rings is 2. The highest BCUT2D eigenvalue weighted by Gasteiger charge is 2.38. The van der Waals surface area contributed by atoms with Crippen LogP contribution < -0.4 is 0 Å². The Morgan fingerprint density at radius 2 is 1.58 bits per heavy atom. The number of pyridine rings is 2. The van der Waals surface area contributed by atoms with Gasteiger partial charge in [-0.05, 0) is 41.5 Å². The lowest BCUT2D eigenvalue weighted by molar-refractivity contribution is 0.665. The number of nitrogens with zero attached hydrogens (tertiary/aromatic N) is 2. The van der Waals surface area contributed by atoms with E-state index in [-0.39, 0.29) is 5.41 Å². The monoisotopic (exact) mass is 352 g/mol. The minimum absolute atomic E-state index is 0.0587. The Balaban J connectivity index is 1.89. The molecule has 1 aliphatic carbocycles. The quantitative estimate of drug-likeness (QED) is 0.327. The summed E-state index contributed by atoms with van der Waals surface area (Å²) in [5.74, 6) is 0. The Morgan fingerprint density at radius 1 is 0.808 bits per heavy atom. The molecule has 0 saturated carbocycles. The normalized spacial score (nSPS) is 14.8. The molecule has 0 fully saturated rings. The Labute approximate surface area is 155 Å². The van der Waals surface area contributed by atoms with E-state index >= 15 is 0 Å². The van der Waals surface area contributed by atoms with E-state index in [9.17, 15) is 0 Å². The van der Waals surface area contributed by atoms with E-state index in [4.69, 9.17) is 4.98 Å². The van der Waals surface area contributed by atoms with Crippen LogP contribution in [0.2, 0.25) is 0 Å². The molecule has 0 saturated heterocycles. The van der Waals surface area contributed by atoms with E-state index < -0.39 is 0 Å². The molecule has 0 spiro atoms. The minimum Gasteiger partial charge on any atom is -0.256 e. The van der Waals surface area contributed by atoms with Crippen LogP contribution in [0.4, 0.5) is 0 Å². The molecule has 2 nitrogen and oxygen atoms in total. The van der Waals surface area contributed by atoms with Gasteiger partial charge in [-0.25, -0.2) is 0 Å². The van der Waals surface area contributed by atoms with Crippen molar-refractivity contribution in [3.63, 3.8) is 0 Å². The van der Waals surface area contributed by atoms with Gasteiger partial charge in [-0.1, -0.05) is 32.0 Å². The van der Waals surface area contributed by atoms with Crippen LogP contribution >= 0.6 is 11.3 Å². The van der Waals surface area contributed by atoms with Crippen LogP contribution in [0.15, 0.2) is 60.9 Å². The maximum atomic E-state index is 4.72. The number of hydrogen-bond donors (Lipinski definition) is 0.